The van der Waals surface area contributed by atoms with Gasteiger partial charge >= 0.3 is 0 Å². The van der Waals surface area contributed by atoms with E-state index in [1.807, 2.05) is 20.8 Å². The van der Waals surface area contributed by atoms with Gasteiger partial charge in [-0.1, -0.05) is 0 Å². The van der Waals surface area contributed by atoms with Crippen LogP contribution in [-0.4, -0.2) is 29.3 Å². The Kier molecular flexibility index (Phi) is 3.41. The third-order valence-corrected chi connectivity index (χ3v) is 2.37. The molecule has 0 radical (unpaired) electrons. The van der Waals surface area contributed by atoms with E-state index in [1.54, 1.807) is 4.68 Å². The molecule has 0 N–H and O–H groups in total. The van der Waals surface area contributed by atoms with Crippen molar-refractivity contribution < 1.29 is 9.53 Å². The van der Waals surface area contributed by atoms with Crippen molar-refractivity contribution in [3.8, 4) is 0 Å². The molecule has 0 aliphatic carbocycles. The quantitative estimate of drug-likeness (QED) is 0.722. The summed E-state index contributed by atoms with van der Waals surface area (Å²) in [5.41, 5.74) is 3.18. The van der Waals surface area contributed by atoms with Crippen LogP contribution in [-0.2, 0) is 16.1 Å². The van der Waals surface area contributed by atoms with Crippen molar-refractivity contribution in [2.24, 2.45) is 0 Å². The first-order valence-corrected chi connectivity index (χ1v) is 4.57. The molecule has 0 aromatic carbocycles. The monoisotopic (exact) mass is 196 g/mol. The van der Waals surface area contributed by atoms with Gasteiger partial charge in [0.2, 0.25) is 0 Å². The number of ketones is 1. The second kappa shape index (κ2) is 4.37. The minimum atomic E-state index is 0.0399. The maximum absolute atomic E-state index is 11.3. The lowest BCUT2D eigenvalue weighted by Gasteiger charge is -2.02. The van der Waals surface area contributed by atoms with E-state index < -0.39 is 0 Å². The molecule has 0 spiro atoms. The number of aromatic nitrogens is 2. The van der Waals surface area contributed by atoms with Crippen LogP contribution in [0.5, 0.6) is 0 Å². The number of rotatable bonds is 4. The minimum absolute atomic E-state index is 0.0399. The van der Waals surface area contributed by atoms with Crippen molar-refractivity contribution in [2.75, 3.05) is 13.7 Å². The standard InChI is InChI=1S/C10H16N2O2/c1-7-8(2)11-12(9(7)3)5-10(13)6-14-4/h5-6H2,1-4H3. The molecule has 0 saturated carbocycles. The average molecular weight is 196 g/mol. The van der Waals surface area contributed by atoms with Crippen molar-refractivity contribution in [3.05, 3.63) is 17.0 Å². The first kappa shape index (κ1) is 10.9. The summed E-state index contributed by atoms with van der Waals surface area (Å²) >= 11 is 0. The van der Waals surface area contributed by atoms with E-state index in [1.165, 1.54) is 7.11 Å². The normalized spacial score (nSPS) is 10.6. The van der Waals surface area contributed by atoms with E-state index in [2.05, 4.69) is 5.10 Å². The zero-order chi connectivity index (χ0) is 10.7. The maximum atomic E-state index is 11.3. The molecule has 0 fully saturated rings. The van der Waals surface area contributed by atoms with Gasteiger partial charge in [-0.2, -0.15) is 5.10 Å². The molecule has 14 heavy (non-hydrogen) atoms. The van der Waals surface area contributed by atoms with Crippen molar-refractivity contribution in [3.63, 3.8) is 0 Å². The summed E-state index contributed by atoms with van der Waals surface area (Å²) in [6, 6.07) is 0. The Morgan fingerprint density at radius 3 is 2.50 bits per heavy atom. The Morgan fingerprint density at radius 2 is 2.07 bits per heavy atom. The highest BCUT2D eigenvalue weighted by Crippen LogP contribution is 2.10. The van der Waals surface area contributed by atoms with Crippen LogP contribution in [0.1, 0.15) is 17.0 Å². The van der Waals surface area contributed by atoms with E-state index in [0.717, 1.165) is 17.0 Å². The van der Waals surface area contributed by atoms with Gasteiger partial charge in [0.05, 0.1) is 5.69 Å². The van der Waals surface area contributed by atoms with Gasteiger partial charge in [0.1, 0.15) is 13.2 Å². The Balaban J connectivity index is 2.77. The van der Waals surface area contributed by atoms with Gasteiger partial charge < -0.3 is 4.74 Å². The molecule has 78 valence electrons. The molecule has 4 nitrogen and oxygen atoms in total. The highest BCUT2D eigenvalue weighted by atomic mass is 16.5. The van der Waals surface area contributed by atoms with Crippen molar-refractivity contribution in [2.45, 2.75) is 27.3 Å². The van der Waals surface area contributed by atoms with Crippen LogP contribution >= 0.6 is 0 Å². The number of carbonyl (C=O) groups excluding carboxylic acids is 1. The van der Waals surface area contributed by atoms with Gasteiger partial charge in [0.15, 0.2) is 5.78 Å². The molecule has 0 unspecified atom stereocenters. The summed E-state index contributed by atoms with van der Waals surface area (Å²) in [5.74, 6) is 0.0399. The molecular weight excluding hydrogens is 180 g/mol. The van der Waals surface area contributed by atoms with Crippen molar-refractivity contribution in [1.29, 1.82) is 0 Å². The van der Waals surface area contributed by atoms with Crippen LogP contribution in [0.3, 0.4) is 0 Å². The molecule has 0 aliphatic rings. The van der Waals surface area contributed by atoms with Crippen molar-refractivity contribution >= 4 is 5.78 Å². The summed E-state index contributed by atoms with van der Waals surface area (Å²) < 4.78 is 6.49. The van der Waals surface area contributed by atoms with Crippen LogP contribution in [0.2, 0.25) is 0 Å². The third kappa shape index (κ3) is 2.20. The highest BCUT2D eigenvalue weighted by Gasteiger charge is 2.10. The number of Topliss-reactive ketones (excluding diaryl/α,β-unsaturated/α-hetero) is 1. The Morgan fingerprint density at radius 1 is 1.43 bits per heavy atom. The SMILES string of the molecule is COCC(=O)Cn1nc(C)c(C)c1C. The Bertz CT molecular complexity index is 342. The predicted octanol–water partition coefficient (Wildman–Crippen LogP) is 1.02. The van der Waals surface area contributed by atoms with Crippen molar-refractivity contribution in [1.82, 2.24) is 9.78 Å². The van der Waals surface area contributed by atoms with Crippen LogP contribution in [0.4, 0.5) is 0 Å². The molecule has 0 aliphatic heterocycles. The van der Waals surface area contributed by atoms with E-state index in [-0.39, 0.29) is 12.4 Å². The molecule has 1 rings (SSSR count). The van der Waals surface area contributed by atoms with Crippen LogP contribution in [0.25, 0.3) is 0 Å². The number of nitrogens with zero attached hydrogens (tertiary/aromatic N) is 2. The van der Waals surface area contributed by atoms with Crippen LogP contribution in [0.15, 0.2) is 0 Å². The molecule has 4 heteroatoms. The summed E-state index contributed by atoms with van der Waals surface area (Å²) in [6.45, 7) is 6.37. The molecule has 1 aromatic rings. The summed E-state index contributed by atoms with van der Waals surface area (Å²) in [4.78, 5) is 11.3. The van der Waals surface area contributed by atoms with Gasteiger partial charge in [-0.05, 0) is 26.3 Å². The second-order valence-electron chi connectivity index (χ2n) is 3.43. The van der Waals surface area contributed by atoms with Gasteiger partial charge in [-0.15, -0.1) is 0 Å². The molecule has 0 bridgehead atoms. The second-order valence-corrected chi connectivity index (χ2v) is 3.43. The summed E-state index contributed by atoms with van der Waals surface area (Å²) in [6.07, 6.45) is 0. The van der Waals surface area contributed by atoms with E-state index in [9.17, 15) is 4.79 Å². The summed E-state index contributed by atoms with van der Waals surface area (Å²) in [7, 11) is 1.52. The van der Waals surface area contributed by atoms with E-state index >= 15 is 0 Å². The van der Waals surface area contributed by atoms with E-state index in [4.69, 9.17) is 4.74 Å². The smallest absolute Gasteiger partial charge is 0.179 e. The molecule has 0 saturated heterocycles. The fourth-order valence-electron chi connectivity index (χ4n) is 1.31. The third-order valence-electron chi connectivity index (χ3n) is 2.37. The zero-order valence-electron chi connectivity index (χ0n) is 9.13. The van der Waals surface area contributed by atoms with Gasteiger partial charge in [-0.25, -0.2) is 0 Å². The van der Waals surface area contributed by atoms with Gasteiger partial charge in [0, 0.05) is 12.8 Å². The topological polar surface area (TPSA) is 44.1 Å². The number of carbonyl (C=O) groups is 1. The Labute approximate surface area is 83.9 Å². The van der Waals surface area contributed by atoms with E-state index in [0.29, 0.717) is 6.54 Å². The summed E-state index contributed by atoms with van der Waals surface area (Å²) in [5, 5.41) is 4.27. The number of methoxy groups -OCH3 is 1. The Hall–Kier alpha value is -1.16. The maximum Gasteiger partial charge on any atom is 0.179 e. The van der Waals surface area contributed by atoms with Gasteiger partial charge in [-0.3, -0.25) is 9.48 Å². The fraction of sp³-hybridized carbons (Fsp3) is 0.600. The predicted molar refractivity (Wildman–Crippen MR) is 53.3 cm³/mol. The average Bonchev–Trinajstić information content (AvgIpc) is 2.34. The molecule has 0 atom stereocenters. The largest absolute Gasteiger partial charge is 0.377 e. The van der Waals surface area contributed by atoms with Crippen LogP contribution < -0.4 is 0 Å². The minimum Gasteiger partial charge on any atom is -0.377 e. The van der Waals surface area contributed by atoms with Gasteiger partial charge in [0.25, 0.3) is 0 Å². The molecule has 1 aromatic heterocycles. The first-order chi connectivity index (χ1) is 6.56. The van der Waals surface area contributed by atoms with Crippen LogP contribution in [0, 0.1) is 20.8 Å². The molecular formula is C10H16N2O2. The first-order valence-electron chi connectivity index (χ1n) is 4.57. The highest BCUT2D eigenvalue weighted by molar-refractivity contribution is 5.79. The number of hydrogen-bond donors (Lipinski definition) is 0. The molecule has 0 amide bonds. The lowest BCUT2D eigenvalue weighted by Crippen LogP contribution is -2.17. The molecule has 1 heterocycles. The number of ether oxygens (including phenoxy) is 1. The fourth-order valence-corrected chi connectivity index (χ4v) is 1.31. The lowest BCUT2D eigenvalue weighted by molar-refractivity contribution is -0.123. The zero-order valence-corrected chi connectivity index (χ0v) is 9.13. The number of hydrogen-bond acceptors (Lipinski definition) is 3. The lowest BCUT2D eigenvalue weighted by atomic mass is 10.2. The number of aryl methyl sites for hydroxylation is 1.